The van der Waals surface area contributed by atoms with Crippen LogP contribution in [0.2, 0.25) is 38.3 Å². The van der Waals surface area contributed by atoms with Crippen LogP contribution in [-0.4, -0.2) is 35.8 Å². The zero-order chi connectivity index (χ0) is 50.5. The predicted octanol–water partition coefficient (Wildman–Crippen LogP) is 16.5. The van der Waals surface area contributed by atoms with Gasteiger partial charge < -0.3 is 5.11 Å². The van der Waals surface area contributed by atoms with Crippen LogP contribution in [0.1, 0.15) is 105 Å². The summed E-state index contributed by atoms with van der Waals surface area (Å²) in [6.07, 6.45) is 1.93. The molecule has 360 valence electrons. The zero-order valence-corrected chi connectivity index (χ0v) is 46.9. The zero-order valence-electron chi connectivity index (χ0n) is 44.9. The van der Waals surface area contributed by atoms with Gasteiger partial charge in [0.05, 0.1) is 44.1 Å². The van der Waals surface area contributed by atoms with E-state index in [4.69, 9.17) is 9.97 Å². The largest absolute Gasteiger partial charge is 0.507 e. The monoisotopic (exact) mass is 958 g/mol. The van der Waals surface area contributed by atoms with Crippen molar-refractivity contribution in [3.63, 3.8) is 0 Å². The molecule has 6 heteroatoms. The van der Waals surface area contributed by atoms with Crippen molar-refractivity contribution in [2.45, 2.75) is 143 Å². The second-order valence-corrected chi connectivity index (χ2v) is 35.3. The molecule has 0 radical (unpaired) electrons. The summed E-state index contributed by atoms with van der Waals surface area (Å²) in [5, 5.41) is 16.0. The minimum absolute atomic E-state index is 0.0798. The Morgan fingerprint density at radius 2 is 1.10 bits per heavy atom. The van der Waals surface area contributed by atoms with Gasteiger partial charge in [0.2, 0.25) is 0 Å². The molecule has 0 atom stereocenters. The molecule has 0 unspecified atom stereocenters. The molecule has 0 saturated carbocycles. The molecule has 9 rings (SSSR count). The average Bonchev–Trinajstić information content (AvgIpc) is 3.68. The lowest BCUT2D eigenvalue weighted by molar-refractivity contribution is 0.446. The lowest BCUT2D eigenvalue weighted by Gasteiger charge is -2.40. The van der Waals surface area contributed by atoms with Crippen molar-refractivity contribution < 1.29 is 5.11 Å². The Labute approximate surface area is 421 Å². The molecule has 1 N–H and O–H groups in total. The molecule has 1 aliphatic rings. The number of hydrogen-bond donors (Lipinski definition) is 1. The Balaban J connectivity index is 1.38. The number of aromatic hydroxyl groups is 1. The summed E-state index contributed by atoms with van der Waals surface area (Å²) < 4.78 is 2.37. The first-order valence-corrected chi connectivity index (χ1v) is 31.9. The van der Waals surface area contributed by atoms with Crippen LogP contribution in [0, 0.1) is 0 Å². The smallest absolute Gasteiger partial charge is 0.149 e. The Bertz CT molecular complexity index is 3310. The molecule has 0 aliphatic carbocycles. The number of phenolic OH excluding ortho intramolecular Hbond substituents is 1. The van der Waals surface area contributed by atoms with Crippen LogP contribution < -0.4 is 10.4 Å². The Kier molecular flexibility index (Phi) is 12.1. The molecule has 0 saturated heterocycles. The number of fused-ring (bicyclic) bond motifs is 2. The van der Waals surface area contributed by atoms with Crippen molar-refractivity contribution in [3.8, 4) is 67.5 Å². The molecular formula is C64H75N3OSi2. The highest BCUT2D eigenvalue weighted by Crippen LogP contribution is 2.46. The Morgan fingerprint density at radius 3 is 1.76 bits per heavy atom. The second kappa shape index (κ2) is 17.2. The van der Waals surface area contributed by atoms with E-state index in [1.165, 1.54) is 34.3 Å². The van der Waals surface area contributed by atoms with E-state index in [0.29, 0.717) is 0 Å². The van der Waals surface area contributed by atoms with Gasteiger partial charge in [-0.25, -0.2) is 4.98 Å². The van der Waals surface area contributed by atoms with Crippen molar-refractivity contribution in [2.75, 3.05) is 0 Å². The van der Waals surface area contributed by atoms with Gasteiger partial charge in [-0.05, 0) is 109 Å². The van der Waals surface area contributed by atoms with E-state index < -0.39 is 16.1 Å². The van der Waals surface area contributed by atoms with Gasteiger partial charge in [-0.3, -0.25) is 9.55 Å². The summed E-state index contributed by atoms with van der Waals surface area (Å²) in [4.78, 5) is 10.8. The Hall–Kier alpha value is -5.83. The fourth-order valence-electron chi connectivity index (χ4n) is 10.5. The standard InChI is InChI=1S/C64H75N3OSi2/c1-61(2,3)46-26-27-54(50(38-46)43-25-28-56-57(37-43)70(15,16)32-31-69(56,13)14)67-55-24-20-23-49(58(55)66-60(67)51-39-48(63(7,8)9)40-52(59(51)68)64(10,11)12)44-33-45(35-47(34-44)62(4,5)6)53-36-42(29-30-65-53)41-21-18-17-19-22-41/h17-30,33-40,68H,31-32H2,1-16H3. The summed E-state index contributed by atoms with van der Waals surface area (Å²) in [5.74, 6) is 1.01. The van der Waals surface area contributed by atoms with Crippen LogP contribution in [0.5, 0.6) is 5.75 Å². The minimum atomic E-state index is -1.70. The lowest BCUT2D eigenvalue weighted by atomic mass is 9.79. The normalized spacial score (nSPS) is 15.0. The first-order valence-electron chi connectivity index (χ1n) is 25.5. The van der Waals surface area contributed by atoms with E-state index in [1.807, 2.05) is 6.20 Å². The van der Waals surface area contributed by atoms with Crippen LogP contribution >= 0.6 is 0 Å². The fourth-order valence-corrected chi connectivity index (χ4v) is 20.8. The van der Waals surface area contributed by atoms with Crippen molar-refractivity contribution in [2.24, 2.45) is 0 Å². The molecule has 4 nitrogen and oxygen atoms in total. The van der Waals surface area contributed by atoms with E-state index in [9.17, 15) is 5.11 Å². The van der Waals surface area contributed by atoms with Crippen molar-refractivity contribution in [1.82, 2.24) is 14.5 Å². The van der Waals surface area contributed by atoms with Gasteiger partial charge in [0.15, 0.2) is 0 Å². The van der Waals surface area contributed by atoms with Crippen LogP contribution in [0.3, 0.4) is 0 Å². The summed E-state index contributed by atoms with van der Waals surface area (Å²) in [7, 11) is -3.28. The summed E-state index contributed by atoms with van der Waals surface area (Å²) in [5.41, 5.74) is 16.3. The Morgan fingerprint density at radius 1 is 0.471 bits per heavy atom. The van der Waals surface area contributed by atoms with Gasteiger partial charge >= 0.3 is 0 Å². The summed E-state index contributed by atoms with van der Waals surface area (Å²) in [6.45, 7) is 37.4. The number of aromatic nitrogens is 3. The molecule has 0 fully saturated rings. The molecule has 1 aliphatic heterocycles. The summed E-state index contributed by atoms with van der Waals surface area (Å²) >= 11 is 0. The number of benzene rings is 6. The van der Waals surface area contributed by atoms with Crippen LogP contribution in [0.4, 0.5) is 0 Å². The highest BCUT2D eigenvalue weighted by Gasteiger charge is 2.40. The van der Waals surface area contributed by atoms with Crippen LogP contribution in [0.15, 0.2) is 134 Å². The topological polar surface area (TPSA) is 50.9 Å². The van der Waals surface area contributed by atoms with E-state index in [1.54, 1.807) is 10.4 Å². The average molecular weight is 958 g/mol. The fraction of sp³-hybridized carbons (Fsp3) is 0.344. The molecule has 0 spiro atoms. The van der Waals surface area contributed by atoms with Crippen LogP contribution in [-0.2, 0) is 21.7 Å². The van der Waals surface area contributed by atoms with Crippen molar-refractivity contribution in [1.29, 1.82) is 0 Å². The predicted molar refractivity (Wildman–Crippen MR) is 306 cm³/mol. The molecule has 3 heterocycles. The van der Waals surface area contributed by atoms with Crippen molar-refractivity contribution >= 4 is 37.6 Å². The molecule has 0 amide bonds. The maximum absolute atomic E-state index is 12.8. The van der Waals surface area contributed by atoms with E-state index in [-0.39, 0.29) is 27.4 Å². The summed E-state index contributed by atoms with van der Waals surface area (Å²) in [6, 6.07) is 50.1. The number of nitrogens with zero attached hydrogens (tertiary/aromatic N) is 3. The molecule has 70 heavy (non-hydrogen) atoms. The maximum Gasteiger partial charge on any atom is 0.149 e. The van der Waals surface area contributed by atoms with Crippen molar-refractivity contribution in [3.05, 3.63) is 156 Å². The quantitative estimate of drug-likeness (QED) is 0.169. The number of phenols is 1. The third kappa shape index (κ3) is 9.18. The van der Waals surface area contributed by atoms with Gasteiger partial charge in [0.1, 0.15) is 11.6 Å². The molecule has 6 aromatic carbocycles. The number of pyridine rings is 1. The number of imidazole rings is 1. The number of para-hydroxylation sites is 1. The number of hydrogen-bond acceptors (Lipinski definition) is 3. The van der Waals surface area contributed by atoms with Gasteiger partial charge in [0.25, 0.3) is 0 Å². The third-order valence-electron chi connectivity index (χ3n) is 15.3. The lowest BCUT2D eigenvalue weighted by Crippen LogP contribution is -2.63. The van der Waals surface area contributed by atoms with E-state index >= 15 is 0 Å². The minimum Gasteiger partial charge on any atom is -0.507 e. The van der Waals surface area contributed by atoms with Crippen LogP contribution in [0.25, 0.3) is 72.7 Å². The van der Waals surface area contributed by atoms with E-state index in [0.717, 1.165) is 72.7 Å². The maximum atomic E-state index is 12.8. The van der Waals surface area contributed by atoms with Gasteiger partial charge in [-0.15, -0.1) is 0 Å². The van der Waals surface area contributed by atoms with Gasteiger partial charge in [0, 0.05) is 28.5 Å². The molecule has 2 aromatic heterocycles. The molecule has 0 bridgehead atoms. The molecule has 8 aromatic rings. The second-order valence-electron chi connectivity index (χ2n) is 25.7. The highest BCUT2D eigenvalue weighted by molar-refractivity contribution is 7.03. The van der Waals surface area contributed by atoms with Gasteiger partial charge in [-0.1, -0.05) is 211 Å². The first-order chi connectivity index (χ1) is 32.6. The van der Waals surface area contributed by atoms with Gasteiger partial charge in [-0.2, -0.15) is 0 Å². The van der Waals surface area contributed by atoms with E-state index in [2.05, 4.69) is 241 Å². The number of rotatable bonds is 6. The SMILES string of the molecule is CC(C)(C)c1cc(-c2cc(-c3ccccc3)ccn2)cc(-c2cccc3c2nc(-c2cc(C(C)(C)C)cc(C(C)(C)C)c2O)n3-c2ccc(C(C)(C)C)cc2-c2ccc3c(c2)[Si](C)(C)CC[Si]3(C)C)c1. The highest BCUT2D eigenvalue weighted by atomic mass is 28.3. The molecular weight excluding hydrogens is 883 g/mol. The first kappa shape index (κ1) is 49.2. The third-order valence-corrected chi connectivity index (χ3v) is 22.8.